The molecule has 7 rings (SSSR count). The van der Waals surface area contributed by atoms with E-state index in [9.17, 15) is 4.79 Å². The van der Waals surface area contributed by atoms with Crippen LogP contribution in [-0.4, -0.2) is 50.1 Å². The van der Waals surface area contributed by atoms with E-state index in [4.69, 9.17) is 15.0 Å². The van der Waals surface area contributed by atoms with Crippen molar-refractivity contribution in [2.24, 2.45) is 0 Å². The summed E-state index contributed by atoms with van der Waals surface area (Å²) in [5.74, 6) is 1.02. The average Bonchev–Trinajstić information content (AvgIpc) is 3.65. The van der Waals surface area contributed by atoms with E-state index in [1.165, 1.54) is 0 Å². The number of pyridine rings is 1. The Morgan fingerprint density at radius 1 is 0.706 bits per heavy atom. The SMILES string of the molecule is Cc1cc(OCc2ccc(-c3ccccc3-c3nnnn3C(c3ccccc3)(c3ccccc3)c3ccccc3)cc2)c(C(=O)N(C)C)c(C)n1. The van der Waals surface area contributed by atoms with Crippen LogP contribution in [0.15, 0.2) is 146 Å². The van der Waals surface area contributed by atoms with Gasteiger partial charge in [-0.1, -0.05) is 140 Å². The van der Waals surface area contributed by atoms with Gasteiger partial charge in [-0.15, -0.1) is 5.10 Å². The minimum Gasteiger partial charge on any atom is -0.488 e. The Labute approximate surface area is 298 Å². The number of hydrogen-bond donors (Lipinski definition) is 0. The molecule has 0 saturated heterocycles. The third-order valence-electron chi connectivity index (χ3n) is 9.10. The molecule has 0 aliphatic heterocycles. The molecule has 51 heavy (non-hydrogen) atoms. The normalized spacial score (nSPS) is 11.3. The molecule has 0 unspecified atom stereocenters. The van der Waals surface area contributed by atoms with Crippen LogP contribution >= 0.6 is 0 Å². The maximum atomic E-state index is 13.0. The van der Waals surface area contributed by atoms with Gasteiger partial charge < -0.3 is 9.64 Å². The van der Waals surface area contributed by atoms with Crippen LogP contribution in [0.4, 0.5) is 0 Å². The molecule has 0 saturated carbocycles. The topological polar surface area (TPSA) is 86.0 Å². The van der Waals surface area contributed by atoms with Gasteiger partial charge in [0.05, 0.1) is 5.69 Å². The van der Waals surface area contributed by atoms with Crippen molar-refractivity contribution in [1.82, 2.24) is 30.1 Å². The molecule has 5 aromatic carbocycles. The fourth-order valence-corrected chi connectivity index (χ4v) is 6.75. The molecule has 0 aliphatic rings. The first-order valence-electron chi connectivity index (χ1n) is 16.8. The van der Waals surface area contributed by atoms with Crippen LogP contribution < -0.4 is 4.74 Å². The monoisotopic (exact) mass is 670 g/mol. The summed E-state index contributed by atoms with van der Waals surface area (Å²) in [7, 11) is 3.46. The summed E-state index contributed by atoms with van der Waals surface area (Å²) in [4.78, 5) is 19.0. The van der Waals surface area contributed by atoms with Gasteiger partial charge in [0.1, 0.15) is 23.5 Å². The number of ether oxygens (including phenoxy) is 1. The van der Waals surface area contributed by atoms with Gasteiger partial charge in [0, 0.05) is 31.4 Å². The zero-order chi connectivity index (χ0) is 35.4. The summed E-state index contributed by atoms with van der Waals surface area (Å²) in [5, 5.41) is 13.7. The smallest absolute Gasteiger partial charge is 0.258 e. The van der Waals surface area contributed by atoms with Crippen molar-refractivity contribution in [3.8, 4) is 28.3 Å². The van der Waals surface area contributed by atoms with E-state index in [2.05, 4.69) is 107 Å². The van der Waals surface area contributed by atoms with E-state index in [1.54, 1.807) is 19.0 Å². The molecule has 2 aromatic heterocycles. The molecule has 0 atom stereocenters. The number of aromatic nitrogens is 5. The maximum absolute atomic E-state index is 13.0. The van der Waals surface area contributed by atoms with E-state index in [-0.39, 0.29) is 5.91 Å². The van der Waals surface area contributed by atoms with Gasteiger partial charge in [-0.3, -0.25) is 9.78 Å². The second-order valence-electron chi connectivity index (χ2n) is 12.7. The fraction of sp³-hybridized carbons (Fsp3) is 0.140. The number of hydrogen-bond acceptors (Lipinski definition) is 6. The summed E-state index contributed by atoms with van der Waals surface area (Å²) in [6, 6.07) is 49.5. The zero-order valence-electron chi connectivity index (χ0n) is 29.1. The molecule has 2 heterocycles. The van der Waals surface area contributed by atoms with Gasteiger partial charge in [0.15, 0.2) is 5.82 Å². The number of carbonyl (C=O) groups excluding carboxylic acids is 1. The highest BCUT2D eigenvalue weighted by atomic mass is 16.5. The maximum Gasteiger partial charge on any atom is 0.258 e. The Kier molecular flexibility index (Phi) is 9.22. The Morgan fingerprint density at radius 3 is 1.78 bits per heavy atom. The van der Waals surface area contributed by atoms with E-state index in [0.29, 0.717) is 29.4 Å². The summed E-state index contributed by atoms with van der Waals surface area (Å²) in [5.41, 5.74) is 8.02. The van der Waals surface area contributed by atoms with Crippen molar-refractivity contribution in [2.45, 2.75) is 26.0 Å². The van der Waals surface area contributed by atoms with E-state index < -0.39 is 5.54 Å². The van der Waals surface area contributed by atoms with Crippen LogP contribution in [-0.2, 0) is 12.1 Å². The Hall–Kier alpha value is -6.41. The van der Waals surface area contributed by atoms with Crippen LogP contribution in [0.3, 0.4) is 0 Å². The highest BCUT2D eigenvalue weighted by molar-refractivity contribution is 5.97. The predicted molar refractivity (Wildman–Crippen MR) is 199 cm³/mol. The van der Waals surface area contributed by atoms with Gasteiger partial charge in [-0.25, -0.2) is 4.68 Å². The second-order valence-corrected chi connectivity index (χ2v) is 12.7. The molecule has 0 bridgehead atoms. The highest BCUT2D eigenvalue weighted by Gasteiger charge is 2.42. The Balaban J connectivity index is 1.29. The third kappa shape index (κ3) is 6.28. The standard InChI is InChI=1S/C43H38N6O2/c1-30-28-39(40(31(2)44-30)42(50)48(3)4)51-29-32-24-26-33(27-25-32)37-22-14-15-23-38(37)41-45-46-47-49(41)43(34-16-8-5-9-17-34,35-18-10-6-11-19-35)36-20-12-7-13-21-36/h5-28H,29H2,1-4H3. The van der Waals surface area contributed by atoms with E-state index >= 15 is 0 Å². The highest BCUT2D eigenvalue weighted by Crippen LogP contribution is 2.43. The van der Waals surface area contributed by atoms with E-state index in [0.717, 1.165) is 44.6 Å². The van der Waals surface area contributed by atoms with Gasteiger partial charge in [-0.05, 0) is 57.7 Å². The van der Waals surface area contributed by atoms with Crippen molar-refractivity contribution < 1.29 is 9.53 Å². The van der Waals surface area contributed by atoms with Crippen molar-refractivity contribution in [1.29, 1.82) is 0 Å². The summed E-state index contributed by atoms with van der Waals surface area (Å²) in [6.45, 7) is 4.03. The molecule has 8 heteroatoms. The minimum atomic E-state index is -0.868. The van der Waals surface area contributed by atoms with Crippen molar-refractivity contribution in [3.05, 3.63) is 185 Å². The first kappa shape index (κ1) is 33.1. The number of nitrogens with zero attached hydrogens (tertiary/aromatic N) is 6. The zero-order valence-corrected chi connectivity index (χ0v) is 29.1. The first-order valence-corrected chi connectivity index (χ1v) is 16.8. The van der Waals surface area contributed by atoms with E-state index in [1.807, 2.05) is 67.1 Å². The quantitative estimate of drug-likeness (QED) is 0.137. The minimum absolute atomic E-state index is 0.139. The third-order valence-corrected chi connectivity index (χ3v) is 9.10. The number of carbonyl (C=O) groups is 1. The molecule has 0 spiro atoms. The van der Waals surface area contributed by atoms with Crippen LogP contribution in [0, 0.1) is 13.8 Å². The number of tetrazole rings is 1. The molecule has 1 amide bonds. The molecular weight excluding hydrogens is 633 g/mol. The van der Waals surface area contributed by atoms with Gasteiger partial charge >= 0.3 is 0 Å². The van der Waals surface area contributed by atoms with Crippen LogP contribution in [0.1, 0.15) is 44.0 Å². The van der Waals surface area contributed by atoms with Crippen molar-refractivity contribution in [2.75, 3.05) is 14.1 Å². The second kappa shape index (κ2) is 14.2. The molecule has 0 aliphatic carbocycles. The van der Waals surface area contributed by atoms with Crippen LogP contribution in [0.5, 0.6) is 5.75 Å². The number of rotatable bonds is 10. The summed E-state index contributed by atoms with van der Waals surface area (Å²) < 4.78 is 8.20. The molecule has 252 valence electrons. The summed E-state index contributed by atoms with van der Waals surface area (Å²) in [6.07, 6.45) is 0. The molecule has 0 N–H and O–H groups in total. The number of amides is 1. The average molecular weight is 671 g/mol. The summed E-state index contributed by atoms with van der Waals surface area (Å²) >= 11 is 0. The van der Waals surface area contributed by atoms with Gasteiger partial charge in [0.2, 0.25) is 0 Å². The molecular formula is C43H38N6O2. The lowest BCUT2D eigenvalue weighted by Gasteiger charge is -2.36. The van der Waals surface area contributed by atoms with Crippen molar-refractivity contribution >= 4 is 5.91 Å². The number of benzene rings is 5. The van der Waals surface area contributed by atoms with Crippen LogP contribution in [0.2, 0.25) is 0 Å². The molecule has 0 fully saturated rings. The van der Waals surface area contributed by atoms with Gasteiger partial charge in [0.25, 0.3) is 5.91 Å². The molecule has 7 aromatic rings. The van der Waals surface area contributed by atoms with Crippen molar-refractivity contribution in [3.63, 3.8) is 0 Å². The predicted octanol–water partition coefficient (Wildman–Crippen LogP) is 8.14. The fourth-order valence-electron chi connectivity index (χ4n) is 6.75. The molecule has 8 nitrogen and oxygen atoms in total. The Morgan fingerprint density at radius 2 is 1.24 bits per heavy atom. The largest absolute Gasteiger partial charge is 0.488 e. The lowest BCUT2D eigenvalue weighted by atomic mass is 9.77. The Bertz CT molecular complexity index is 2170. The number of aryl methyl sites for hydroxylation is 2. The lowest BCUT2D eigenvalue weighted by Crippen LogP contribution is -2.39. The van der Waals surface area contributed by atoms with Gasteiger partial charge in [-0.2, -0.15) is 0 Å². The lowest BCUT2D eigenvalue weighted by molar-refractivity contribution is 0.0821. The molecule has 0 radical (unpaired) electrons. The first-order chi connectivity index (χ1) is 24.9. The van der Waals surface area contributed by atoms with Crippen LogP contribution in [0.25, 0.3) is 22.5 Å².